The van der Waals surface area contributed by atoms with Gasteiger partial charge >= 0.3 is 0 Å². The average molecular weight is 726 g/mol. The number of nitrogens with zero attached hydrogens (tertiary/aromatic N) is 2. The summed E-state index contributed by atoms with van der Waals surface area (Å²) >= 11 is 0. The minimum atomic E-state index is 1.09. The van der Waals surface area contributed by atoms with Gasteiger partial charge in [-0.1, -0.05) is 152 Å². The Morgan fingerprint density at radius 2 is 0.895 bits per heavy atom. The van der Waals surface area contributed by atoms with E-state index in [1.165, 1.54) is 76.0 Å². The largest absolute Gasteiger partial charge is 0.354 e. The molecule has 12 aromatic rings. The molecule has 57 heavy (non-hydrogen) atoms. The predicted octanol–water partition coefficient (Wildman–Crippen LogP) is 15.0. The van der Waals surface area contributed by atoms with Gasteiger partial charge in [0.1, 0.15) is 0 Å². The lowest BCUT2D eigenvalue weighted by Crippen LogP contribution is -2.11. The number of benzene rings is 10. The van der Waals surface area contributed by atoms with Crippen molar-refractivity contribution in [3.05, 3.63) is 206 Å². The Kier molecular flexibility index (Phi) is 6.93. The van der Waals surface area contributed by atoms with Crippen LogP contribution in [0.1, 0.15) is 0 Å². The fourth-order valence-corrected chi connectivity index (χ4v) is 9.40. The zero-order valence-electron chi connectivity index (χ0n) is 31.0. The highest BCUT2D eigenvalue weighted by Gasteiger charge is 2.23. The number of aromatic nitrogens is 2. The maximum absolute atomic E-state index is 3.86. The van der Waals surface area contributed by atoms with E-state index in [2.05, 4.69) is 221 Å². The summed E-state index contributed by atoms with van der Waals surface area (Å²) in [6.07, 6.45) is 0. The summed E-state index contributed by atoms with van der Waals surface area (Å²) in [4.78, 5) is 6.34. The molecule has 2 aromatic heterocycles. The number of rotatable bonds is 5. The van der Waals surface area contributed by atoms with Crippen molar-refractivity contribution in [2.24, 2.45) is 0 Å². The normalized spacial score (nSPS) is 11.9. The zero-order valence-corrected chi connectivity index (χ0v) is 31.0. The molecule has 0 unspecified atom stereocenters. The van der Waals surface area contributed by atoms with Gasteiger partial charge in [-0.2, -0.15) is 0 Å². The molecule has 0 amide bonds. The Bertz CT molecular complexity index is 3490. The summed E-state index contributed by atoms with van der Waals surface area (Å²) in [6.45, 7) is 0. The van der Waals surface area contributed by atoms with Crippen molar-refractivity contribution in [1.29, 1.82) is 0 Å². The molecule has 0 fully saturated rings. The monoisotopic (exact) mass is 725 g/mol. The Labute approximate surface area is 329 Å². The maximum atomic E-state index is 3.86. The van der Waals surface area contributed by atoms with Crippen LogP contribution in [-0.4, -0.2) is 9.55 Å². The third kappa shape index (κ3) is 4.79. The highest BCUT2D eigenvalue weighted by molar-refractivity contribution is 6.26. The molecule has 3 heteroatoms. The molecule has 266 valence electrons. The molecular formula is C54H35N3. The van der Waals surface area contributed by atoms with E-state index < -0.39 is 0 Å². The third-order valence-electron chi connectivity index (χ3n) is 11.9. The summed E-state index contributed by atoms with van der Waals surface area (Å²) in [7, 11) is 0. The molecule has 0 aliphatic rings. The van der Waals surface area contributed by atoms with E-state index in [1.54, 1.807) is 0 Å². The standard InChI is InChI=1S/C54H35N3/c1-3-15-35(16-4-1)39-31-32-51(53-47-24-11-13-25-49(47)55-54(39)53)56(37-27-29-44-42-21-8-7-19-40(42)41-20-9-10-22-43(41)48(44)33-37)38-28-30-46-45-23-12-14-26-50(45)57(52(46)34-38)36-17-5-2-6-18-36/h1-34,55H. The molecule has 0 aliphatic heterocycles. The van der Waals surface area contributed by atoms with Gasteiger partial charge in [0, 0.05) is 49.7 Å². The molecule has 3 nitrogen and oxygen atoms in total. The number of para-hydroxylation sites is 3. The number of H-pyrrole nitrogens is 1. The SMILES string of the molecule is c1ccc(-c2ccc(N(c3ccc4c5ccccc5c5ccccc5c4c3)c3ccc4c5ccccc5n(-c5ccccc5)c4c3)c3c2[nH]c2ccccc23)cc1. The minimum Gasteiger partial charge on any atom is -0.354 e. The van der Waals surface area contributed by atoms with Gasteiger partial charge in [0.05, 0.1) is 22.2 Å². The van der Waals surface area contributed by atoms with Gasteiger partial charge in [-0.05, 0) is 92.5 Å². The molecule has 0 spiro atoms. The Morgan fingerprint density at radius 3 is 1.61 bits per heavy atom. The summed E-state index contributed by atoms with van der Waals surface area (Å²) in [5.41, 5.74) is 11.4. The van der Waals surface area contributed by atoms with Crippen molar-refractivity contribution >= 4 is 93.0 Å². The van der Waals surface area contributed by atoms with Crippen molar-refractivity contribution in [3.63, 3.8) is 0 Å². The lowest BCUT2D eigenvalue weighted by atomic mass is 9.93. The molecule has 0 bridgehead atoms. The first-order valence-corrected chi connectivity index (χ1v) is 19.6. The molecule has 10 aromatic carbocycles. The van der Waals surface area contributed by atoms with Crippen LogP contribution in [0.25, 0.3) is 92.7 Å². The van der Waals surface area contributed by atoms with Gasteiger partial charge in [0.25, 0.3) is 0 Å². The van der Waals surface area contributed by atoms with Crippen LogP contribution in [0.2, 0.25) is 0 Å². The van der Waals surface area contributed by atoms with Crippen molar-refractivity contribution in [2.75, 3.05) is 4.90 Å². The van der Waals surface area contributed by atoms with E-state index >= 15 is 0 Å². The summed E-state index contributed by atoms with van der Waals surface area (Å²) in [6, 6.07) is 75.2. The smallest absolute Gasteiger partial charge is 0.0565 e. The molecule has 1 N–H and O–H groups in total. The highest BCUT2D eigenvalue weighted by Crippen LogP contribution is 2.47. The van der Waals surface area contributed by atoms with E-state index in [9.17, 15) is 0 Å². The van der Waals surface area contributed by atoms with Crippen LogP contribution >= 0.6 is 0 Å². The first-order valence-electron chi connectivity index (χ1n) is 19.6. The summed E-state index contributed by atoms with van der Waals surface area (Å²) in [5, 5.41) is 12.4. The zero-order chi connectivity index (χ0) is 37.5. The number of anilines is 3. The fraction of sp³-hybridized carbons (Fsp3) is 0. The summed E-state index contributed by atoms with van der Waals surface area (Å²) < 4.78 is 2.41. The van der Waals surface area contributed by atoms with Crippen molar-refractivity contribution in [1.82, 2.24) is 9.55 Å². The second kappa shape index (κ2) is 12.5. The molecule has 2 heterocycles. The molecule has 0 radical (unpaired) electrons. The van der Waals surface area contributed by atoms with Crippen LogP contribution in [0.5, 0.6) is 0 Å². The number of aromatic amines is 1. The maximum Gasteiger partial charge on any atom is 0.0565 e. The second-order valence-electron chi connectivity index (χ2n) is 15.0. The third-order valence-corrected chi connectivity index (χ3v) is 11.9. The quantitative estimate of drug-likeness (QED) is 0.176. The van der Waals surface area contributed by atoms with Crippen LogP contribution in [0, 0.1) is 0 Å². The van der Waals surface area contributed by atoms with E-state index in [1.807, 2.05) is 0 Å². The van der Waals surface area contributed by atoms with Gasteiger partial charge in [-0.25, -0.2) is 0 Å². The van der Waals surface area contributed by atoms with Gasteiger partial charge < -0.3 is 14.5 Å². The molecule has 0 aliphatic carbocycles. The van der Waals surface area contributed by atoms with Crippen molar-refractivity contribution < 1.29 is 0 Å². The van der Waals surface area contributed by atoms with E-state index in [0.717, 1.165) is 33.8 Å². The number of nitrogens with one attached hydrogen (secondary N) is 1. The van der Waals surface area contributed by atoms with E-state index in [0.29, 0.717) is 0 Å². The van der Waals surface area contributed by atoms with Crippen LogP contribution in [0.15, 0.2) is 206 Å². The van der Waals surface area contributed by atoms with Crippen LogP contribution < -0.4 is 4.90 Å². The molecule has 0 saturated heterocycles. The highest BCUT2D eigenvalue weighted by atomic mass is 15.1. The lowest BCUT2D eigenvalue weighted by molar-refractivity contribution is 1.18. The van der Waals surface area contributed by atoms with Gasteiger partial charge in [0.2, 0.25) is 0 Å². The first-order chi connectivity index (χ1) is 28.3. The predicted molar refractivity (Wildman–Crippen MR) is 243 cm³/mol. The first kappa shape index (κ1) is 31.7. The van der Waals surface area contributed by atoms with Gasteiger partial charge in [-0.3, -0.25) is 0 Å². The van der Waals surface area contributed by atoms with Gasteiger partial charge in [0.15, 0.2) is 0 Å². The van der Waals surface area contributed by atoms with Crippen molar-refractivity contribution in [2.45, 2.75) is 0 Å². The molecule has 12 rings (SSSR count). The minimum absolute atomic E-state index is 1.09. The number of hydrogen-bond donors (Lipinski definition) is 1. The Balaban J connectivity index is 1.20. The fourth-order valence-electron chi connectivity index (χ4n) is 9.40. The van der Waals surface area contributed by atoms with Gasteiger partial charge in [-0.15, -0.1) is 0 Å². The van der Waals surface area contributed by atoms with E-state index in [4.69, 9.17) is 0 Å². The molecule has 0 saturated carbocycles. The number of fused-ring (bicyclic) bond motifs is 12. The van der Waals surface area contributed by atoms with Crippen LogP contribution in [0.3, 0.4) is 0 Å². The second-order valence-corrected chi connectivity index (χ2v) is 15.0. The topological polar surface area (TPSA) is 24.0 Å². The Hall–Kier alpha value is -7.62. The van der Waals surface area contributed by atoms with Crippen LogP contribution in [-0.2, 0) is 0 Å². The molecular weight excluding hydrogens is 691 g/mol. The lowest BCUT2D eigenvalue weighted by Gasteiger charge is -2.28. The number of hydrogen-bond acceptors (Lipinski definition) is 1. The molecule has 0 atom stereocenters. The average Bonchev–Trinajstić information content (AvgIpc) is 3.84. The summed E-state index contributed by atoms with van der Waals surface area (Å²) in [5.74, 6) is 0. The van der Waals surface area contributed by atoms with E-state index in [-0.39, 0.29) is 0 Å². The Morgan fingerprint density at radius 1 is 0.368 bits per heavy atom. The van der Waals surface area contributed by atoms with Crippen molar-refractivity contribution in [3.8, 4) is 16.8 Å². The van der Waals surface area contributed by atoms with Crippen LogP contribution in [0.4, 0.5) is 17.1 Å².